The number of hydrogen-bond acceptors (Lipinski definition) is 5. The third-order valence-electron chi connectivity index (χ3n) is 5.45. The molecule has 5 nitrogen and oxygen atoms in total. The van der Waals surface area contributed by atoms with Gasteiger partial charge < -0.3 is 24.7 Å². The molecular formula is C20H40N2O3. The molecule has 2 N–H and O–H groups in total. The number of aliphatic hydroxyl groups is 2. The average molecular weight is 357 g/mol. The van der Waals surface area contributed by atoms with Gasteiger partial charge in [0.25, 0.3) is 0 Å². The van der Waals surface area contributed by atoms with Crippen molar-refractivity contribution in [1.82, 2.24) is 9.80 Å². The number of nitrogens with zero attached hydrogens (tertiary/aromatic N) is 2. The lowest BCUT2D eigenvalue weighted by molar-refractivity contribution is -0.0343. The highest BCUT2D eigenvalue weighted by Crippen LogP contribution is 2.22. The molecule has 2 aliphatic rings. The summed E-state index contributed by atoms with van der Waals surface area (Å²) >= 11 is 0. The zero-order chi connectivity index (χ0) is 18.4. The monoisotopic (exact) mass is 356 g/mol. The Bertz CT molecular complexity index is 328. The first-order valence-corrected chi connectivity index (χ1v) is 10.2. The van der Waals surface area contributed by atoms with E-state index in [-0.39, 0.29) is 0 Å². The molecule has 0 aliphatic carbocycles. The molecule has 25 heavy (non-hydrogen) atoms. The Balaban J connectivity index is 1.59. The first-order valence-electron chi connectivity index (χ1n) is 10.2. The van der Waals surface area contributed by atoms with E-state index in [4.69, 9.17) is 4.74 Å². The van der Waals surface area contributed by atoms with Crippen LogP contribution in [0.4, 0.5) is 0 Å². The van der Waals surface area contributed by atoms with Crippen LogP contribution >= 0.6 is 0 Å². The van der Waals surface area contributed by atoms with Crippen molar-refractivity contribution in [3.63, 3.8) is 0 Å². The van der Waals surface area contributed by atoms with Crippen LogP contribution in [0.1, 0.15) is 40.5 Å². The summed E-state index contributed by atoms with van der Waals surface area (Å²) in [6.45, 7) is 15.3. The number of rotatable bonds is 8. The molecule has 0 bridgehead atoms. The van der Waals surface area contributed by atoms with Crippen LogP contribution < -0.4 is 0 Å². The molecule has 6 atom stereocenters. The third kappa shape index (κ3) is 7.92. The molecule has 0 spiro atoms. The molecule has 0 amide bonds. The van der Waals surface area contributed by atoms with E-state index in [2.05, 4.69) is 37.5 Å². The van der Waals surface area contributed by atoms with Crippen LogP contribution in [0.2, 0.25) is 0 Å². The van der Waals surface area contributed by atoms with E-state index in [9.17, 15) is 10.2 Å². The average Bonchev–Trinajstić information content (AvgIpc) is 2.44. The number of β-amino-alcohol motifs (C(OH)–C–C–N with tert-alkyl or cyclic N) is 2. The van der Waals surface area contributed by atoms with Crippen molar-refractivity contribution in [3.05, 3.63) is 0 Å². The molecule has 0 saturated carbocycles. The predicted molar refractivity (Wildman–Crippen MR) is 102 cm³/mol. The van der Waals surface area contributed by atoms with Crippen molar-refractivity contribution < 1.29 is 14.9 Å². The summed E-state index contributed by atoms with van der Waals surface area (Å²) in [6, 6.07) is 0. The topological polar surface area (TPSA) is 56.2 Å². The maximum Gasteiger partial charge on any atom is 0.0900 e. The standard InChI is InChI=1S/C20H40N2O3/c1-15-5-16(2)8-21(7-15)11-19(23)13-25-14-20(24)12-22-9-17(3)6-18(4)10-22/h15-20,23-24H,5-14H2,1-4H3/t15-,16?,17?,18?,19?,20?/m1/s1. The van der Waals surface area contributed by atoms with E-state index in [0.717, 1.165) is 26.2 Å². The van der Waals surface area contributed by atoms with Crippen molar-refractivity contribution in [1.29, 1.82) is 0 Å². The molecule has 0 aromatic rings. The van der Waals surface area contributed by atoms with Crippen LogP contribution in [0.3, 0.4) is 0 Å². The molecule has 0 radical (unpaired) electrons. The number of ether oxygens (including phenoxy) is 1. The van der Waals surface area contributed by atoms with E-state index >= 15 is 0 Å². The fourth-order valence-electron chi connectivity index (χ4n) is 4.92. The SMILES string of the molecule is CC1CC(C)CN(CC(O)COCC(O)CN2CC(C)C[C@@H](C)C2)C1. The molecule has 0 aromatic heterocycles. The second-order valence-corrected chi connectivity index (χ2v) is 9.17. The van der Waals surface area contributed by atoms with Crippen LogP contribution in [0.15, 0.2) is 0 Å². The van der Waals surface area contributed by atoms with Gasteiger partial charge in [-0.1, -0.05) is 27.7 Å². The van der Waals surface area contributed by atoms with Crippen molar-refractivity contribution >= 4 is 0 Å². The summed E-state index contributed by atoms with van der Waals surface area (Å²) in [4.78, 5) is 4.69. The molecular weight excluding hydrogens is 316 g/mol. The normalized spacial score (nSPS) is 34.8. The fourth-order valence-corrected chi connectivity index (χ4v) is 4.92. The maximum atomic E-state index is 10.2. The van der Waals surface area contributed by atoms with Gasteiger partial charge in [-0.3, -0.25) is 0 Å². The van der Waals surface area contributed by atoms with Crippen molar-refractivity contribution in [2.45, 2.75) is 52.7 Å². The second-order valence-electron chi connectivity index (χ2n) is 9.17. The van der Waals surface area contributed by atoms with Gasteiger partial charge in [-0.15, -0.1) is 0 Å². The summed E-state index contributed by atoms with van der Waals surface area (Å²) in [6.07, 6.45) is 1.62. The Morgan fingerprint density at radius 3 is 1.36 bits per heavy atom. The molecule has 5 unspecified atom stereocenters. The smallest absolute Gasteiger partial charge is 0.0900 e. The van der Waals surface area contributed by atoms with Gasteiger partial charge in [0.1, 0.15) is 0 Å². The highest BCUT2D eigenvalue weighted by molar-refractivity contribution is 4.78. The van der Waals surface area contributed by atoms with Crippen molar-refractivity contribution in [2.75, 3.05) is 52.5 Å². The quantitative estimate of drug-likeness (QED) is 0.693. The number of hydrogen-bond donors (Lipinski definition) is 2. The van der Waals surface area contributed by atoms with E-state index in [1.165, 1.54) is 12.8 Å². The maximum absolute atomic E-state index is 10.2. The Hall–Kier alpha value is -0.200. The summed E-state index contributed by atoms with van der Waals surface area (Å²) in [7, 11) is 0. The van der Waals surface area contributed by atoms with Crippen LogP contribution in [-0.4, -0.2) is 84.7 Å². The predicted octanol–water partition coefficient (Wildman–Crippen LogP) is 1.68. The summed E-state index contributed by atoms with van der Waals surface area (Å²) < 4.78 is 5.59. The lowest BCUT2D eigenvalue weighted by Gasteiger charge is -2.36. The Labute approximate surface area is 154 Å². The highest BCUT2D eigenvalue weighted by Gasteiger charge is 2.25. The van der Waals surface area contributed by atoms with Gasteiger partial charge in [0, 0.05) is 39.3 Å². The number of aliphatic hydroxyl groups excluding tert-OH is 2. The summed E-state index contributed by atoms with van der Waals surface area (Å²) in [5.74, 6) is 2.81. The van der Waals surface area contributed by atoms with Gasteiger partial charge >= 0.3 is 0 Å². The van der Waals surface area contributed by atoms with Gasteiger partial charge in [-0.2, -0.15) is 0 Å². The molecule has 0 aromatic carbocycles. The second kappa shape index (κ2) is 10.2. The third-order valence-corrected chi connectivity index (χ3v) is 5.45. The molecule has 2 aliphatic heterocycles. The zero-order valence-corrected chi connectivity index (χ0v) is 16.7. The Morgan fingerprint density at radius 2 is 1.04 bits per heavy atom. The molecule has 2 saturated heterocycles. The number of piperidine rings is 2. The van der Waals surface area contributed by atoms with Gasteiger partial charge in [-0.05, 0) is 36.5 Å². The van der Waals surface area contributed by atoms with Crippen LogP contribution in [-0.2, 0) is 4.74 Å². The molecule has 2 rings (SSSR count). The summed E-state index contributed by atoms with van der Waals surface area (Å²) in [5, 5.41) is 20.4. The minimum atomic E-state index is -0.472. The van der Waals surface area contributed by atoms with E-state index in [1.54, 1.807) is 0 Å². The fraction of sp³-hybridized carbons (Fsp3) is 1.00. The largest absolute Gasteiger partial charge is 0.389 e. The van der Waals surface area contributed by atoms with Crippen LogP contribution in [0, 0.1) is 23.7 Å². The van der Waals surface area contributed by atoms with Crippen molar-refractivity contribution in [3.8, 4) is 0 Å². The first-order chi connectivity index (χ1) is 11.8. The van der Waals surface area contributed by atoms with Gasteiger partial charge in [0.15, 0.2) is 0 Å². The minimum Gasteiger partial charge on any atom is -0.389 e. The highest BCUT2D eigenvalue weighted by atomic mass is 16.5. The lowest BCUT2D eigenvalue weighted by Crippen LogP contribution is -2.45. The molecule has 5 heteroatoms. The van der Waals surface area contributed by atoms with E-state index in [0.29, 0.717) is 50.0 Å². The van der Waals surface area contributed by atoms with Crippen LogP contribution in [0.25, 0.3) is 0 Å². The molecule has 148 valence electrons. The van der Waals surface area contributed by atoms with Gasteiger partial charge in [-0.25, -0.2) is 0 Å². The zero-order valence-electron chi connectivity index (χ0n) is 16.7. The van der Waals surface area contributed by atoms with Crippen molar-refractivity contribution in [2.24, 2.45) is 23.7 Å². The number of likely N-dealkylation sites (tertiary alicyclic amines) is 2. The molecule has 2 fully saturated rings. The van der Waals surface area contributed by atoms with E-state index in [1.807, 2.05) is 0 Å². The lowest BCUT2D eigenvalue weighted by atomic mass is 9.92. The first kappa shape index (κ1) is 21.1. The van der Waals surface area contributed by atoms with Gasteiger partial charge in [0.2, 0.25) is 0 Å². The summed E-state index contributed by atoms with van der Waals surface area (Å²) in [5.41, 5.74) is 0. The Kier molecular flexibility index (Phi) is 8.62. The van der Waals surface area contributed by atoms with Crippen LogP contribution in [0.5, 0.6) is 0 Å². The molecule has 2 heterocycles. The Morgan fingerprint density at radius 1 is 0.720 bits per heavy atom. The van der Waals surface area contributed by atoms with Gasteiger partial charge in [0.05, 0.1) is 25.4 Å². The minimum absolute atomic E-state index is 0.309. The van der Waals surface area contributed by atoms with E-state index < -0.39 is 12.2 Å².